The number of nitrogens with zero attached hydrogens (tertiary/aromatic N) is 2. The molecule has 0 spiro atoms. The van der Waals surface area contributed by atoms with Crippen LogP contribution in [0.4, 0.5) is 0 Å². The maximum absolute atomic E-state index is 12.3. The summed E-state index contributed by atoms with van der Waals surface area (Å²) in [5, 5.41) is 2.96. The zero-order valence-corrected chi connectivity index (χ0v) is 12.8. The van der Waals surface area contributed by atoms with Crippen molar-refractivity contribution in [1.82, 2.24) is 15.1 Å². The normalized spacial score (nSPS) is 28.2. The minimum Gasteiger partial charge on any atom is -0.374 e. The van der Waals surface area contributed by atoms with Gasteiger partial charge in [-0.15, -0.1) is 0 Å². The fourth-order valence-corrected chi connectivity index (χ4v) is 2.63. The molecule has 1 atom stereocenters. The number of piperazine rings is 1. The van der Waals surface area contributed by atoms with Crippen molar-refractivity contribution in [3.63, 3.8) is 0 Å². The SMILES string of the molecule is CC(C)N1CCOC(CN2C(=O)CNC(C)(C)C2=O)C1. The summed E-state index contributed by atoms with van der Waals surface area (Å²) < 4.78 is 5.72. The lowest BCUT2D eigenvalue weighted by Gasteiger charge is -2.41. The Balaban J connectivity index is 2.01. The molecule has 0 aromatic rings. The van der Waals surface area contributed by atoms with Gasteiger partial charge in [-0.1, -0.05) is 0 Å². The van der Waals surface area contributed by atoms with Gasteiger partial charge < -0.3 is 4.74 Å². The van der Waals surface area contributed by atoms with Crippen LogP contribution in [0.25, 0.3) is 0 Å². The summed E-state index contributed by atoms with van der Waals surface area (Å²) in [6, 6.07) is 0.451. The molecule has 2 aliphatic rings. The van der Waals surface area contributed by atoms with Crippen molar-refractivity contribution in [2.24, 2.45) is 0 Å². The molecule has 0 saturated carbocycles. The molecule has 0 aromatic carbocycles. The molecule has 2 amide bonds. The fourth-order valence-electron chi connectivity index (χ4n) is 2.63. The first-order valence-corrected chi connectivity index (χ1v) is 7.27. The highest BCUT2D eigenvalue weighted by atomic mass is 16.5. The van der Waals surface area contributed by atoms with Crippen molar-refractivity contribution in [2.75, 3.05) is 32.8 Å². The van der Waals surface area contributed by atoms with E-state index in [1.54, 1.807) is 13.8 Å². The number of morpholine rings is 1. The van der Waals surface area contributed by atoms with Crippen LogP contribution in [-0.2, 0) is 14.3 Å². The molecule has 2 fully saturated rings. The summed E-state index contributed by atoms with van der Waals surface area (Å²) in [6.45, 7) is 10.8. The first-order valence-electron chi connectivity index (χ1n) is 7.27. The second-order valence-electron chi connectivity index (χ2n) is 6.37. The lowest BCUT2D eigenvalue weighted by Crippen LogP contribution is -2.65. The zero-order valence-electron chi connectivity index (χ0n) is 12.8. The molecule has 2 rings (SSSR count). The number of ether oxygens (including phenoxy) is 1. The summed E-state index contributed by atoms with van der Waals surface area (Å²) in [6.07, 6.45) is -0.0899. The smallest absolute Gasteiger partial charge is 0.249 e. The van der Waals surface area contributed by atoms with Gasteiger partial charge in [-0.2, -0.15) is 0 Å². The van der Waals surface area contributed by atoms with Gasteiger partial charge in [0.25, 0.3) is 0 Å². The molecule has 1 N–H and O–H groups in total. The van der Waals surface area contributed by atoms with Gasteiger partial charge in [0.1, 0.15) is 0 Å². The van der Waals surface area contributed by atoms with Crippen LogP contribution in [0.2, 0.25) is 0 Å². The van der Waals surface area contributed by atoms with E-state index in [-0.39, 0.29) is 24.5 Å². The van der Waals surface area contributed by atoms with Crippen molar-refractivity contribution in [3.8, 4) is 0 Å². The maximum atomic E-state index is 12.3. The number of imide groups is 1. The average Bonchev–Trinajstić information content (AvgIpc) is 2.40. The molecule has 1 unspecified atom stereocenters. The molecule has 6 heteroatoms. The highest BCUT2D eigenvalue weighted by molar-refractivity contribution is 6.03. The van der Waals surface area contributed by atoms with Crippen LogP contribution in [0.1, 0.15) is 27.7 Å². The molecule has 0 aliphatic carbocycles. The fraction of sp³-hybridized carbons (Fsp3) is 0.857. The van der Waals surface area contributed by atoms with Gasteiger partial charge in [0, 0.05) is 19.1 Å². The van der Waals surface area contributed by atoms with E-state index < -0.39 is 5.54 Å². The van der Waals surface area contributed by atoms with E-state index in [2.05, 4.69) is 24.1 Å². The highest BCUT2D eigenvalue weighted by Gasteiger charge is 2.41. The van der Waals surface area contributed by atoms with Crippen LogP contribution in [0.5, 0.6) is 0 Å². The van der Waals surface area contributed by atoms with E-state index in [1.807, 2.05) is 0 Å². The summed E-state index contributed by atoms with van der Waals surface area (Å²) in [5.74, 6) is -0.335. The second-order valence-corrected chi connectivity index (χ2v) is 6.37. The molecule has 20 heavy (non-hydrogen) atoms. The van der Waals surface area contributed by atoms with E-state index in [9.17, 15) is 9.59 Å². The van der Waals surface area contributed by atoms with Crippen LogP contribution >= 0.6 is 0 Å². The number of hydrogen-bond acceptors (Lipinski definition) is 5. The Morgan fingerprint density at radius 1 is 1.40 bits per heavy atom. The first kappa shape index (κ1) is 15.4. The molecule has 6 nitrogen and oxygen atoms in total. The van der Waals surface area contributed by atoms with E-state index >= 15 is 0 Å². The summed E-state index contributed by atoms with van der Waals surface area (Å²) in [7, 11) is 0. The van der Waals surface area contributed by atoms with Gasteiger partial charge in [0.15, 0.2) is 0 Å². The lowest BCUT2D eigenvalue weighted by molar-refractivity contribution is -0.156. The van der Waals surface area contributed by atoms with Gasteiger partial charge in [-0.3, -0.25) is 24.7 Å². The molecule has 2 heterocycles. The Kier molecular flexibility index (Phi) is 4.46. The summed E-state index contributed by atoms with van der Waals surface area (Å²) in [4.78, 5) is 27.9. The second kappa shape index (κ2) is 5.79. The monoisotopic (exact) mass is 283 g/mol. The number of amides is 2. The van der Waals surface area contributed by atoms with E-state index in [4.69, 9.17) is 4.74 Å². The van der Waals surface area contributed by atoms with Gasteiger partial charge in [0.05, 0.1) is 31.3 Å². The van der Waals surface area contributed by atoms with Crippen LogP contribution in [0, 0.1) is 0 Å². The van der Waals surface area contributed by atoms with Crippen molar-refractivity contribution in [3.05, 3.63) is 0 Å². The largest absolute Gasteiger partial charge is 0.374 e. The number of hydrogen-bond donors (Lipinski definition) is 1. The zero-order chi connectivity index (χ0) is 14.9. The minimum absolute atomic E-state index is 0.0899. The molecule has 2 saturated heterocycles. The Labute approximate surface area is 120 Å². The van der Waals surface area contributed by atoms with Gasteiger partial charge in [-0.05, 0) is 27.7 Å². The number of carbonyl (C=O) groups is 2. The van der Waals surface area contributed by atoms with Gasteiger partial charge >= 0.3 is 0 Å². The van der Waals surface area contributed by atoms with Crippen molar-refractivity contribution < 1.29 is 14.3 Å². The number of carbonyl (C=O) groups excluding carboxylic acids is 2. The first-order chi connectivity index (χ1) is 9.31. The van der Waals surface area contributed by atoms with Crippen molar-refractivity contribution in [2.45, 2.75) is 45.4 Å². The van der Waals surface area contributed by atoms with Crippen LogP contribution in [0.3, 0.4) is 0 Å². The average molecular weight is 283 g/mol. The predicted octanol–water partition coefficient (Wildman–Crippen LogP) is -0.167. The third-order valence-corrected chi connectivity index (χ3v) is 4.05. The molecular formula is C14H25N3O3. The molecule has 114 valence electrons. The minimum atomic E-state index is -0.680. The predicted molar refractivity (Wildman–Crippen MR) is 75.3 cm³/mol. The van der Waals surface area contributed by atoms with Gasteiger partial charge in [0.2, 0.25) is 11.8 Å². The van der Waals surface area contributed by atoms with Crippen LogP contribution < -0.4 is 5.32 Å². The summed E-state index contributed by atoms with van der Waals surface area (Å²) >= 11 is 0. The van der Waals surface area contributed by atoms with E-state index in [1.165, 1.54) is 4.90 Å². The third-order valence-electron chi connectivity index (χ3n) is 4.05. The highest BCUT2D eigenvalue weighted by Crippen LogP contribution is 2.16. The Hall–Kier alpha value is -0.980. The standard InChI is InChI=1S/C14H25N3O3/c1-10(2)16-5-6-20-11(8-16)9-17-12(18)7-15-14(3,4)13(17)19/h10-11,15H,5-9H2,1-4H3. The van der Waals surface area contributed by atoms with Crippen molar-refractivity contribution in [1.29, 1.82) is 0 Å². The van der Waals surface area contributed by atoms with E-state index in [0.29, 0.717) is 19.2 Å². The lowest BCUT2D eigenvalue weighted by atomic mass is 10.00. The molecule has 0 aromatic heterocycles. The quantitative estimate of drug-likeness (QED) is 0.729. The Bertz CT molecular complexity index is 395. The van der Waals surface area contributed by atoms with Crippen LogP contribution in [-0.4, -0.2) is 72.1 Å². The molecular weight excluding hydrogens is 258 g/mol. The Morgan fingerprint density at radius 3 is 2.75 bits per heavy atom. The Morgan fingerprint density at radius 2 is 2.10 bits per heavy atom. The van der Waals surface area contributed by atoms with Gasteiger partial charge in [-0.25, -0.2) is 0 Å². The number of nitrogens with one attached hydrogen (secondary N) is 1. The molecule has 0 radical (unpaired) electrons. The van der Waals surface area contributed by atoms with E-state index in [0.717, 1.165) is 13.1 Å². The third kappa shape index (κ3) is 3.19. The topological polar surface area (TPSA) is 61.9 Å². The van der Waals surface area contributed by atoms with Crippen LogP contribution in [0.15, 0.2) is 0 Å². The summed E-state index contributed by atoms with van der Waals surface area (Å²) in [5.41, 5.74) is -0.680. The number of rotatable bonds is 3. The molecule has 0 bridgehead atoms. The molecule has 2 aliphatic heterocycles. The van der Waals surface area contributed by atoms with Crippen molar-refractivity contribution >= 4 is 11.8 Å². The maximum Gasteiger partial charge on any atom is 0.249 e.